The second-order valence-electron chi connectivity index (χ2n) is 4.65. The van der Waals surface area contributed by atoms with E-state index in [1.165, 1.54) is 28.6 Å². The molecule has 0 spiro atoms. The SMILES string of the molecule is CC(O)C1CCN(S(=O)(=O)c2cccc(O)c2)C1. The number of sulfonamides is 1. The number of benzene rings is 1. The summed E-state index contributed by atoms with van der Waals surface area (Å²) in [5, 5.41) is 18.8. The molecule has 1 heterocycles. The largest absolute Gasteiger partial charge is 0.508 e. The number of nitrogens with zero attached hydrogens (tertiary/aromatic N) is 1. The standard InChI is InChI=1S/C12H17NO4S/c1-9(14)10-5-6-13(8-10)18(16,17)12-4-2-3-11(15)7-12/h2-4,7,9-10,14-15H,5-6,8H2,1H3. The molecule has 0 radical (unpaired) electrons. The van der Waals surface area contributed by atoms with E-state index in [1.54, 1.807) is 6.92 Å². The number of aliphatic hydroxyl groups excluding tert-OH is 1. The van der Waals surface area contributed by atoms with E-state index < -0.39 is 16.1 Å². The van der Waals surface area contributed by atoms with Gasteiger partial charge in [-0.25, -0.2) is 8.42 Å². The van der Waals surface area contributed by atoms with Crippen molar-refractivity contribution in [1.29, 1.82) is 0 Å². The van der Waals surface area contributed by atoms with Crippen LogP contribution in [0.15, 0.2) is 29.2 Å². The van der Waals surface area contributed by atoms with Crippen molar-refractivity contribution in [2.24, 2.45) is 5.92 Å². The summed E-state index contributed by atoms with van der Waals surface area (Å²) in [6, 6.07) is 5.64. The fourth-order valence-corrected chi connectivity index (χ4v) is 3.71. The van der Waals surface area contributed by atoms with Gasteiger partial charge in [0, 0.05) is 13.1 Å². The maximum atomic E-state index is 12.3. The molecule has 5 nitrogen and oxygen atoms in total. The Kier molecular flexibility index (Phi) is 3.61. The highest BCUT2D eigenvalue weighted by molar-refractivity contribution is 7.89. The third-order valence-corrected chi connectivity index (χ3v) is 5.19. The van der Waals surface area contributed by atoms with Gasteiger partial charge < -0.3 is 10.2 Å². The second-order valence-corrected chi connectivity index (χ2v) is 6.59. The van der Waals surface area contributed by atoms with Crippen molar-refractivity contribution in [3.8, 4) is 5.75 Å². The van der Waals surface area contributed by atoms with Crippen LogP contribution >= 0.6 is 0 Å². The average molecular weight is 271 g/mol. The van der Waals surface area contributed by atoms with Gasteiger partial charge in [0.1, 0.15) is 5.75 Å². The Morgan fingerprint density at radius 2 is 2.17 bits per heavy atom. The van der Waals surface area contributed by atoms with Gasteiger partial charge in [0.25, 0.3) is 0 Å². The number of hydrogen-bond acceptors (Lipinski definition) is 4. The van der Waals surface area contributed by atoms with Crippen LogP contribution in [-0.2, 0) is 10.0 Å². The fraction of sp³-hybridized carbons (Fsp3) is 0.500. The van der Waals surface area contributed by atoms with Gasteiger partial charge >= 0.3 is 0 Å². The average Bonchev–Trinajstić information content (AvgIpc) is 2.79. The molecule has 100 valence electrons. The molecule has 0 aromatic heterocycles. The van der Waals surface area contributed by atoms with Crippen LogP contribution in [0.3, 0.4) is 0 Å². The van der Waals surface area contributed by atoms with E-state index in [9.17, 15) is 18.6 Å². The molecule has 0 saturated carbocycles. The Labute approximate surface area is 107 Å². The van der Waals surface area contributed by atoms with Crippen molar-refractivity contribution in [1.82, 2.24) is 4.31 Å². The summed E-state index contributed by atoms with van der Waals surface area (Å²) >= 11 is 0. The highest BCUT2D eigenvalue weighted by Crippen LogP contribution is 2.27. The second kappa shape index (κ2) is 4.87. The molecule has 1 aliphatic heterocycles. The molecule has 1 saturated heterocycles. The molecule has 0 aliphatic carbocycles. The minimum Gasteiger partial charge on any atom is -0.508 e. The van der Waals surface area contributed by atoms with Crippen LogP contribution in [0.1, 0.15) is 13.3 Å². The molecular weight excluding hydrogens is 254 g/mol. The van der Waals surface area contributed by atoms with Crippen molar-refractivity contribution >= 4 is 10.0 Å². The zero-order valence-electron chi connectivity index (χ0n) is 10.2. The van der Waals surface area contributed by atoms with Gasteiger partial charge in [-0.05, 0) is 37.5 Å². The molecule has 2 rings (SSSR count). The van der Waals surface area contributed by atoms with Crippen LogP contribution in [0.2, 0.25) is 0 Å². The lowest BCUT2D eigenvalue weighted by Crippen LogP contribution is -2.30. The summed E-state index contributed by atoms with van der Waals surface area (Å²) in [6.07, 6.45) is 0.157. The van der Waals surface area contributed by atoms with Crippen LogP contribution in [0.4, 0.5) is 0 Å². The lowest BCUT2D eigenvalue weighted by Gasteiger charge is -2.17. The van der Waals surface area contributed by atoms with E-state index in [4.69, 9.17) is 0 Å². The van der Waals surface area contributed by atoms with E-state index in [0.29, 0.717) is 19.5 Å². The minimum atomic E-state index is -3.57. The van der Waals surface area contributed by atoms with E-state index in [-0.39, 0.29) is 16.6 Å². The Morgan fingerprint density at radius 3 is 2.72 bits per heavy atom. The molecular formula is C12H17NO4S. The zero-order valence-corrected chi connectivity index (χ0v) is 11.0. The smallest absolute Gasteiger partial charge is 0.243 e. The fourth-order valence-electron chi connectivity index (χ4n) is 2.16. The van der Waals surface area contributed by atoms with Crippen LogP contribution in [0.25, 0.3) is 0 Å². The van der Waals surface area contributed by atoms with Crippen molar-refractivity contribution in [2.45, 2.75) is 24.3 Å². The van der Waals surface area contributed by atoms with E-state index in [1.807, 2.05) is 0 Å². The predicted octanol–water partition coefficient (Wildman–Crippen LogP) is 0.784. The number of aliphatic hydroxyl groups is 1. The Hall–Kier alpha value is -1.11. The molecule has 18 heavy (non-hydrogen) atoms. The van der Waals surface area contributed by atoms with E-state index >= 15 is 0 Å². The number of phenolic OH excluding ortho intramolecular Hbond substituents is 1. The molecule has 1 aliphatic rings. The molecule has 1 aromatic carbocycles. The molecule has 6 heteroatoms. The lowest BCUT2D eigenvalue weighted by atomic mass is 10.0. The first-order valence-corrected chi connectivity index (χ1v) is 7.32. The van der Waals surface area contributed by atoms with Gasteiger partial charge in [-0.3, -0.25) is 0 Å². The number of phenols is 1. The van der Waals surface area contributed by atoms with Crippen LogP contribution in [-0.4, -0.2) is 42.1 Å². The van der Waals surface area contributed by atoms with Gasteiger partial charge in [-0.2, -0.15) is 4.31 Å². The summed E-state index contributed by atoms with van der Waals surface area (Å²) in [6.45, 7) is 2.42. The third-order valence-electron chi connectivity index (χ3n) is 3.33. The van der Waals surface area contributed by atoms with Gasteiger partial charge in [0.05, 0.1) is 11.0 Å². The van der Waals surface area contributed by atoms with Gasteiger partial charge in [0.2, 0.25) is 10.0 Å². The lowest BCUT2D eigenvalue weighted by molar-refractivity contribution is 0.133. The summed E-state index contributed by atoms with van der Waals surface area (Å²) in [7, 11) is -3.57. The Balaban J connectivity index is 2.23. The highest BCUT2D eigenvalue weighted by Gasteiger charge is 2.34. The summed E-state index contributed by atoms with van der Waals surface area (Å²) < 4.78 is 25.9. The summed E-state index contributed by atoms with van der Waals surface area (Å²) in [4.78, 5) is 0.0914. The molecule has 0 bridgehead atoms. The van der Waals surface area contributed by atoms with Crippen molar-refractivity contribution in [3.63, 3.8) is 0 Å². The molecule has 2 unspecified atom stereocenters. The normalized spacial score (nSPS) is 23.1. The third kappa shape index (κ3) is 2.50. The first kappa shape index (κ1) is 13.3. The summed E-state index contributed by atoms with van der Waals surface area (Å²) in [5.41, 5.74) is 0. The van der Waals surface area contributed by atoms with Gasteiger partial charge in [-0.15, -0.1) is 0 Å². The quantitative estimate of drug-likeness (QED) is 0.851. The summed E-state index contributed by atoms with van der Waals surface area (Å²) in [5.74, 6) is -0.0839. The van der Waals surface area contributed by atoms with E-state index in [0.717, 1.165) is 0 Å². The minimum absolute atomic E-state index is 0.0166. The Morgan fingerprint density at radius 1 is 1.44 bits per heavy atom. The number of rotatable bonds is 3. The first-order chi connectivity index (χ1) is 8.41. The Bertz CT molecular complexity index is 527. The van der Waals surface area contributed by atoms with Crippen LogP contribution in [0, 0.1) is 5.92 Å². The molecule has 1 aromatic rings. The monoisotopic (exact) mass is 271 g/mol. The molecule has 2 atom stereocenters. The topological polar surface area (TPSA) is 77.8 Å². The maximum Gasteiger partial charge on any atom is 0.243 e. The van der Waals surface area contributed by atoms with Crippen LogP contribution in [0.5, 0.6) is 5.75 Å². The predicted molar refractivity (Wildman–Crippen MR) is 66.7 cm³/mol. The molecule has 1 fully saturated rings. The van der Waals surface area contributed by atoms with Crippen molar-refractivity contribution < 1.29 is 18.6 Å². The van der Waals surface area contributed by atoms with Gasteiger partial charge in [-0.1, -0.05) is 6.07 Å². The van der Waals surface area contributed by atoms with Crippen molar-refractivity contribution in [2.75, 3.05) is 13.1 Å². The number of hydrogen-bond donors (Lipinski definition) is 2. The zero-order chi connectivity index (χ0) is 13.3. The molecule has 2 N–H and O–H groups in total. The van der Waals surface area contributed by atoms with E-state index in [2.05, 4.69) is 0 Å². The molecule has 0 amide bonds. The van der Waals surface area contributed by atoms with Crippen LogP contribution < -0.4 is 0 Å². The van der Waals surface area contributed by atoms with Gasteiger partial charge in [0.15, 0.2) is 0 Å². The van der Waals surface area contributed by atoms with Crippen molar-refractivity contribution in [3.05, 3.63) is 24.3 Å². The maximum absolute atomic E-state index is 12.3. The highest BCUT2D eigenvalue weighted by atomic mass is 32.2. The first-order valence-electron chi connectivity index (χ1n) is 5.88. The number of aromatic hydroxyl groups is 1.